The molecule has 3 atom stereocenters. The van der Waals surface area contributed by atoms with Crippen LogP contribution in [0.25, 0.3) is 0 Å². The highest BCUT2D eigenvalue weighted by Gasteiger charge is 2.56. The van der Waals surface area contributed by atoms with Crippen LogP contribution in [0.5, 0.6) is 0 Å². The highest BCUT2D eigenvalue weighted by atomic mass is 19.1. The summed E-state index contributed by atoms with van der Waals surface area (Å²) in [7, 11) is 0. The SMILES string of the molecule is CCCNC(c1cc(F)c(C)cc1F)C1C2CCCC21. The number of benzene rings is 1. The van der Waals surface area contributed by atoms with Crippen molar-refractivity contribution in [3.8, 4) is 0 Å². The van der Waals surface area contributed by atoms with Gasteiger partial charge in [-0.1, -0.05) is 13.3 Å². The van der Waals surface area contributed by atoms with E-state index in [1.807, 2.05) is 0 Å². The molecule has 3 heteroatoms. The zero-order valence-corrected chi connectivity index (χ0v) is 12.3. The smallest absolute Gasteiger partial charge is 0.128 e. The van der Waals surface area contributed by atoms with Crippen molar-refractivity contribution in [3.63, 3.8) is 0 Å². The maximum Gasteiger partial charge on any atom is 0.128 e. The average molecular weight is 279 g/mol. The molecule has 0 spiro atoms. The molecule has 2 aliphatic rings. The molecule has 2 saturated carbocycles. The number of aryl methyl sites for hydroxylation is 1. The highest BCUT2D eigenvalue weighted by molar-refractivity contribution is 5.30. The summed E-state index contributed by atoms with van der Waals surface area (Å²) in [6.45, 7) is 4.57. The van der Waals surface area contributed by atoms with Crippen LogP contribution in [0.1, 0.15) is 49.8 Å². The second-order valence-electron chi connectivity index (χ2n) is 6.39. The average Bonchev–Trinajstić information content (AvgIpc) is 2.88. The van der Waals surface area contributed by atoms with Gasteiger partial charge in [0.1, 0.15) is 11.6 Å². The molecule has 0 saturated heterocycles. The lowest BCUT2D eigenvalue weighted by Crippen LogP contribution is -2.26. The Morgan fingerprint density at radius 1 is 1.20 bits per heavy atom. The minimum atomic E-state index is -0.296. The number of hydrogen-bond acceptors (Lipinski definition) is 1. The standard InChI is InChI=1S/C17H23F2N/c1-3-7-20-17(16-11-5-4-6-12(11)16)13-9-14(18)10(2)8-15(13)19/h8-9,11-12,16-17,20H,3-7H2,1-2H3. The molecule has 0 aromatic heterocycles. The van der Waals surface area contributed by atoms with Crippen molar-refractivity contribution >= 4 is 0 Å². The molecule has 1 N–H and O–H groups in total. The van der Waals surface area contributed by atoms with Crippen LogP contribution in [0.2, 0.25) is 0 Å². The van der Waals surface area contributed by atoms with Crippen molar-refractivity contribution in [2.24, 2.45) is 17.8 Å². The van der Waals surface area contributed by atoms with Crippen molar-refractivity contribution in [1.29, 1.82) is 0 Å². The number of hydrogen-bond donors (Lipinski definition) is 1. The van der Waals surface area contributed by atoms with E-state index < -0.39 is 0 Å². The second-order valence-corrected chi connectivity index (χ2v) is 6.39. The van der Waals surface area contributed by atoms with Crippen molar-refractivity contribution in [2.75, 3.05) is 6.54 Å². The number of nitrogens with one attached hydrogen (secondary N) is 1. The summed E-state index contributed by atoms with van der Waals surface area (Å²) in [5, 5.41) is 3.46. The van der Waals surface area contributed by atoms with Gasteiger partial charge in [0.2, 0.25) is 0 Å². The molecule has 0 aliphatic heterocycles. The summed E-state index contributed by atoms with van der Waals surface area (Å²) in [6.07, 6.45) is 4.83. The van der Waals surface area contributed by atoms with Crippen LogP contribution >= 0.6 is 0 Å². The fourth-order valence-corrected chi connectivity index (χ4v) is 4.02. The van der Waals surface area contributed by atoms with E-state index in [0.29, 0.717) is 17.0 Å². The molecule has 0 radical (unpaired) electrons. The minimum Gasteiger partial charge on any atom is -0.310 e. The number of fused-ring (bicyclic) bond motifs is 1. The van der Waals surface area contributed by atoms with E-state index in [1.165, 1.54) is 31.4 Å². The van der Waals surface area contributed by atoms with E-state index in [1.54, 1.807) is 6.92 Å². The molecule has 1 aromatic carbocycles. The minimum absolute atomic E-state index is 0.0136. The molecule has 3 unspecified atom stereocenters. The second kappa shape index (κ2) is 5.44. The van der Waals surface area contributed by atoms with Gasteiger partial charge >= 0.3 is 0 Å². The maximum atomic E-state index is 14.3. The summed E-state index contributed by atoms with van der Waals surface area (Å²) in [6, 6.07) is 2.73. The van der Waals surface area contributed by atoms with E-state index in [2.05, 4.69) is 12.2 Å². The normalized spacial score (nSPS) is 29.3. The van der Waals surface area contributed by atoms with Crippen molar-refractivity contribution in [3.05, 3.63) is 34.9 Å². The highest BCUT2D eigenvalue weighted by Crippen LogP contribution is 2.62. The van der Waals surface area contributed by atoms with Crippen LogP contribution in [-0.2, 0) is 0 Å². The largest absolute Gasteiger partial charge is 0.310 e. The summed E-state index contributed by atoms with van der Waals surface area (Å²) >= 11 is 0. The Labute approximate surface area is 119 Å². The predicted octanol–water partition coefficient (Wildman–Crippen LogP) is 4.36. The lowest BCUT2D eigenvalue weighted by atomic mass is 9.95. The van der Waals surface area contributed by atoms with Gasteiger partial charge in [-0.2, -0.15) is 0 Å². The zero-order valence-electron chi connectivity index (χ0n) is 12.3. The van der Waals surface area contributed by atoms with Crippen LogP contribution in [0, 0.1) is 36.3 Å². The van der Waals surface area contributed by atoms with Gasteiger partial charge < -0.3 is 5.32 Å². The monoisotopic (exact) mass is 279 g/mol. The lowest BCUT2D eigenvalue weighted by molar-refractivity contribution is 0.401. The fraction of sp³-hybridized carbons (Fsp3) is 0.647. The van der Waals surface area contributed by atoms with Gasteiger partial charge in [0.15, 0.2) is 0 Å². The Bertz CT molecular complexity index is 490. The first-order valence-electron chi connectivity index (χ1n) is 7.82. The summed E-state index contributed by atoms with van der Waals surface area (Å²) in [5.41, 5.74) is 0.914. The van der Waals surface area contributed by atoms with Crippen LogP contribution in [0.4, 0.5) is 8.78 Å². The third kappa shape index (κ3) is 2.37. The molecule has 2 aliphatic carbocycles. The van der Waals surface area contributed by atoms with Gasteiger partial charge in [0.05, 0.1) is 0 Å². The third-order valence-corrected chi connectivity index (χ3v) is 5.08. The first-order chi connectivity index (χ1) is 9.63. The van der Waals surface area contributed by atoms with Gasteiger partial charge in [0.25, 0.3) is 0 Å². The Hall–Kier alpha value is -0.960. The van der Waals surface area contributed by atoms with E-state index in [-0.39, 0.29) is 17.7 Å². The van der Waals surface area contributed by atoms with Gasteiger partial charge in [0, 0.05) is 11.6 Å². The molecule has 0 bridgehead atoms. The van der Waals surface area contributed by atoms with Crippen molar-refractivity contribution in [1.82, 2.24) is 5.32 Å². The van der Waals surface area contributed by atoms with Gasteiger partial charge in [-0.25, -0.2) is 8.78 Å². The summed E-state index contributed by atoms with van der Waals surface area (Å²) in [5.74, 6) is 1.41. The summed E-state index contributed by atoms with van der Waals surface area (Å²) in [4.78, 5) is 0. The van der Waals surface area contributed by atoms with Crippen LogP contribution in [0.15, 0.2) is 12.1 Å². The predicted molar refractivity (Wildman–Crippen MR) is 76.5 cm³/mol. The fourth-order valence-electron chi connectivity index (χ4n) is 4.02. The van der Waals surface area contributed by atoms with Crippen LogP contribution in [-0.4, -0.2) is 6.54 Å². The third-order valence-electron chi connectivity index (χ3n) is 5.08. The van der Waals surface area contributed by atoms with Gasteiger partial charge in [-0.05, 0) is 68.2 Å². The number of rotatable bonds is 5. The van der Waals surface area contributed by atoms with E-state index in [9.17, 15) is 8.78 Å². The van der Waals surface area contributed by atoms with Crippen molar-refractivity contribution in [2.45, 2.75) is 45.6 Å². The first kappa shape index (κ1) is 14.0. The molecule has 1 aromatic rings. The van der Waals surface area contributed by atoms with Gasteiger partial charge in [-0.15, -0.1) is 0 Å². The molecular weight excluding hydrogens is 256 g/mol. The van der Waals surface area contributed by atoms with E-state index in [4.69, 9.17) is 0 Å². The molecular formula is C17H23F2N. The van der Waals surface area contributed by atoms with Crippen LogP contribution < -0.4 is 5.32 Å². The van der Waals surface area contributed by atoms with Crippen LogP contribution in [0.3, 0.4) is 0 Å². The number of halogens is 2. The van der Waals surface area contributed by atoms with Gasteiger partial charge in [-0.3, -0.25) is 0 Å². The zero-order chi connectivity index (χ0) is 14.3. The maximum absolute atomic E-state index is 14.3. The molecule has 2 fully saturated rings. The Morgan fingerprint density at radius 3 is 2.55 bits per heavy atom. The Kier molecular flexibility index (Phi) is 3.80. The molecule has 0 heterocycles. The van der Waals surface area contributed by atoms with Crippen molar-refractivity contribution < 1.29 is 8.78 Å². The molecule has 1 nitrogen and oxygen atoms in total. The lowest BCUT2D eigenvalue weighted by Gasteiger charge is -2.22. The summed E-state index contributed by atoms with van der Waals surface area (Å²) < 4.78 is 28.1. The molecule has 110 valence electrons. The van der Waals surface area contributed by atoms with E-state index in [0.717, 1.165) is 24.8 Å². The Balaban J connectivity index is 1.87. The molecule has 3 rings (SSSR count). The topological polar surface area (TPSA) is 12.0 Å². The first-order valence-corrected chi connectivity index (χ1v) is 7.82. The Morgan fingerprint density at radius 2 is 1.90 bits per heavy atom. The molecule has 0 amide bonds. The quantitative estimate of drug-likeness (QED) is 0.844. The molecule has 20 heavy (non-hydrogen) atoms. The van der Waals surface area contributed by atoms with E-state index >= 15 is 0 Å².